The lowest BCUT2D eigenvalue weighted by Crippen LogP contribution is -2.33. The van der Waals surface area contributed by atoms with Gasteiger partial charge in [0.25, 0.3) is 0 Å². The molecule has 0 radical (unpaired) electrons. The summed E-state index contributed by atoms with van der Waals surface area (Å²) in [7, 11) is 0. The molecule has 0 aliphatic heterocycles. The molecule has 0 bridgehead atoms. The van der Waals surface area contributed by atoms with Gasteiger partial charge in [-0.15, -0.1) is 11.8 Å². The Labute approximate surface area is 122 Å². The second-order valence-corrected chi connectivity index (χ2v) is 5.82. The number of carbonyl (C=O) groups excluding carboxylic acids is 1. The molecule has 2 N–H and O–H groups in total. The summed E-state index contributed by atoms with van der Waals surface area (Å²) >= 11 is 1.64. The number of carboxylic acids is 1. The van der Waals surface area contributed by atoms with Gasteiger partial charge in [0.05, 0.1) is 5.92 Å². The SMILES string of the molecule is O=C(CCSc1ccccc1)NC1C=CC(C(=O)O)C1. The summed E-state index contributed by atoms with van der Waals surface area (Å²) < 4.78 is 0. The van der Waals surface area contributed by atoms with E-state index in [1.807, 2.05) is 30.3 Å². The maximum atomic E-state index is 11.8. The van der Waals surface area contributed by atoms with Crippen molar-refractivity contribution in [3.63, 3.8) is 0 Å². The molecule has 2 atom stereocenters. The molecule has 20 heavy (non-hydrogen) atoms. The molecule has 1 amide bonds. The maximum Gasteiger partial charge on any atom is 0.310 e. The number of hydrogen-bond donors (Lipinski definition) is 2. The molecule has 0 heterocycles. The van der Waals surface area contributed by atoms with Gasteiger partial charge in [-0.3, -0.25) is 9.59 Å². The zero-order valence-corrected chi connectivity index (χ0v) is 11.8. The molecule has 0 saturated heterocycles. The molecule has 0 spiro atoms. The Bertz CT molecular complexity index is 501. The van der Waals surface area contributed by atoms with Crippen LogP contribution >= 0.6 is 11.8 Å². The molecule has 1 aliphatic carbocycles. The van der Waals surface area contributed by atoms with Crippen molar-refractivity contribution in [3.8, 4) is 0 Å². The topological polar surface area (TPSA) is 66.4 Å². The van der Waals surface area contributed by atoms with Crippen LogP contribution in [-0.4, -0.2) is 28.8 Å². The van der Waals surface area contributed by atoms with Gasteiger partial charge in [0.1, 0.15) is 0 Å². The number of benzene rings is 1. The summed E-state index contributed by atoms with van der Waals surface area (Å²) in [5.74, 6) is -0.625. The van der Waals surface area contributed by atoms with Crippen molar-refractivity contribution in [2.24, 2.45) is 5.92 Å². The number of rotatable bonds is 6. The Kier molecular flexibility index (Phi) is 5.24. The van der Waals surface area contributed by atoms with E-state index in [4.69, 9.17) is 5.11 Å². The molecule has 2 rings (SSSR count). The highest BCUT2D eigenvalue weighted by molar-refractivity contribution is 7.99. The summed E-state index contributed by atoms with van der Waals surface area (Å²) in [5, 5.41) is 11.7. The van der Waals surface area contributed by atoms with Gasteiger partial charge in [-0.2, -0.15) is 0 Å². The fourth-order valence-corrected chi connectivity index (χ4v) is 2.92. The van der Waals surface area contributed by atoms with E-state index >= 15 is 0 Å². The van der Waals surface area contributed by atoms with Gasteiger partial charge >= 0.3 is 5.97 Å². The van der Waals surface area contributed by atoms with Gasteiger partial charge in [0.15, 0.2) is 0 Å². The van der Waals surface area contributed by atoms with Crippen LogP contribution in [-0.2, 0) is 9.59 Å². The number of carbonyl (C=O) groups is 2. The van der Waals surface area contributed by atoms with E-state index in [-0.39, 0.29) is 11.9 Å². The summed E-state index contributed by atoms with van der Waals surface area (Å²) in [6.45, 7) is 0. The van der Waals surface area contributed by atoms with E-state index in [1.165, 1.54) is 0 Å². The third kappa shape index (κ3) is 4.42. The largest absolute Gasteiger partial charge is 0.481 e. The first-order chi connectivity index (χ1) is 9.65. The number of hydrogen-bond acceptors (Lipinski definition) is 3. The van der Waals surface area contributed by atoms with Crippen LogP contribution in [0.3, 0.4) is 0 Å². The summed E-state index contributed by atoms with van der Waals surface area (Å²) in [4.78, 5) is 23.7. The summed E-state index contributed by atoms with van der Waals surface area (Å²) in [6.07, 6.45) is 4.29. The average Bonchev–Trinajstić information content (AvgIpc) is 2.88. The van der Waals surface area contributed by atoms with Crippen molar-refractivity contribution in [2.45, 2.75) is 23.8 Å². The van der Waals surface area contributed by atoms with E-state index in [9.17, 15) is 9.59 Å². The average molecular weight is 291 g/mol. The van der Waals surface area contributed by atoms with E-state index < -0.39 is 11.9 Å². The molecular weight excluding hydrogens is 274 g/mol. The van der Waals surface area contributed by atoms with E-state index in [1.54, 1.807) is 23.9 Å². The number of aliphatic carboxylic acids is 1. The fraction of sp³-hybridized carbons (Fsp3) is 0.333. The summed E-state index contributed by atoms with van der Waals surface area (Å²) in [5.41, 5.74) is 0. The van der Waals surface area contributed by atoms with E-state index in [2.05, 4.69) is 5.32 Å². The lowest BCUT2D eigenvalue weighted by Gasteiger charge is -2.11. The van der Waals surface area contributed by atoms with Crippen molar-refractivity contribution in [1.82, 2.24) is 5.32 Å². The first-order valence-electron chi connectivity index (χ1n) is 6.53. The Morgan fingerprint density at radius 1 is 1.25 bits per heavy atom. The Hall–Kier alpha value is -1.75. The van der Waals surface area contributed by atoms with Crippen LogP contribution in [0.2, 0.25) is 0 Å². The smallest absolute Gasteiger partial charge is 0.310 e. The van der Waals surface area contributed by atoms with Crippen molar-refractivity contribution in [2.75, 3.05) is 5.75 Å². The molecular formula is C15H17NO3S. The minimum atomic E-state index is -0.836. The highest BCUT2D eigenvalue weighted by Crippen LogP contribution is 2.19. The third-order valence-electron chi connectivity index (χ3n) is 3.09. The minimum Gasteiger partial charge on any atom is -0.481 e. The van der Waals surface area contributed by atoms with Gasteiger partial charge in [-0.25, -0.2) is 0 Å². The molecule has 2 unspecified atom stereocenters. The van der Waals surface area contributed by atoms with Gasteiger partial charge in [0.2, 0.25) is 5.91 Å². The van der Waals surface area contributed by atoms with Gasteiger partial charge in [0, 0.05) is 23.1 Å². The van der Waals surface area contributed by atoms with Gasteiger partial charge in [-0.1, -0.05) is 30.4 Å². The zero-order chi connectivity index (χ0) is 14.4. The number of amides is 1. The monoisotopic (exact) mass is 291 g/mol. The molecule has 5 heteroatoms. The molecule has 1 aromatic rings. The molecule has 0 aromatic heterocycles. The van der Waals surface area contributed by atoms with Crippen molar-refractivity contribution in [3.05, 3.63) is 42.5 Å². The molecule has 1 aromatic carbocycles. The van der Waals surface area contributed by atoms with Gasteiger partial charge < -0.3 is 10.4 Å². The number of carboxylic acid groups (broad SMARTS) is 1. The normalized spacial score (nSPS) is 20.8. The number of nitrogens with one attached hydrogen (secondary N) is 1. The van der Waals surface area contributed by atoms with Crippen LogP contribution in [0, 0.1) is 5.92 Å². The minimum absolute atomic E-state index is 0.0332. The van der Waals surface area contributed by atoms with Crippen LogP contribution in [0.1, 0.15) is 12.8 Å². The van der Waals surface area contributed by atoms with E-state index in [0.717, 1.165) is 4.90 Å². The van der Waals surface area contributed by atoms with Crippen LogP contribution < -0.4 is 5.32 Å². The van der Waals surface area contributed by atoms with Gasteiger partial charge in [-0.05, 0) is 18.6 Å². The first-order valence-corrected chi connectivity index (χ1v) is 7.52. The van der Waals surface area contributed by atoms with Crippen molar-refractivity contribution < 1.29 is 14.7 Å². The Morgan fingerprint density at radius 3 is 2.65 bits per heavy atom. The van der Waals surface area contributed by atoms with E-state index in [0.29, 0.717) is 18.6 Å². The van der Waals surface area contributed by atoms with Crippen molar-refractivity contribution >= 4 is 23.6 Å². The zero-order valence-electron chi connectivity index (χ0n) is 11.0. The Balaban J connectivity index is 1.67. The van der Waals surface area contributed by atoms with Crippen LogP contribution in [0.5, 0.6) is 0 Å². The van der Waals surface area contributed by atoms with Crippen LogP contribution in [0.25, 0.3) is 0 Å². The molecule has 1 aliphatic rings. The lowest BCUT2D eigenvalue weighted by atomic mass is 10.1. The highest BCUT2D eigenvalue weighted by atomic mass is 32.2. The predicted molar refractivity (Wildman–Crippen MR) is 78.6 cm³/mol. The summed E-state index contributed by atoms with van der Waals surface area (Å²) in [6, 6.07) is 9.78. The molecule has 106 valence electrons. The first kappa shape index (κ1) is 14.7. The van der Waals surface area contributed by atoms with Crippen LogP contribution in [0.15, 0.2) is 47.4 Å². The number of thioether (sulfide) groups is 1. The molecule has 0 fully saturated rings. The third-order valence-corrected chi connectivity index (χ3v) is 4.10. The Morgan fingerprint density at radius 2 is 2.00 bits per heavy atom. The molecule has 0 saturated carbocycles. The maximum absolute atomic E-state index is 11.8. The quantitative estimate of drug-likeness (QED) is 0.623. The highest BCUT2D eigenvalue weighted by Gasteiger charge is 2.25. The molecule has 4 nitrogen and oxygen atoms in total. The standard InChI is InChI=1S/C15H17NO3S/c17-14(8-9-20-13-4-2-1-3-5-13)16-12-7-6-11(10-12)15(18)19/h1-7,11-12H,8-10H2,(H,16,17)(H,18,19). The van der Waals surface area contributed by atoms with Crippen LogP contribution in [0.4, 0.5) is 0 Å². The second-order valence-electron chi connectivity index (χ2n) is 4.65. The second kappa shape index (κ2) is 7.14. The lowest BCUT2D eigenvalue weighted by molar-refractivity contribution is -0.140. The fourth-order valence-electron chi connectivity index (χ4n) is 2.05. The predicted octanol–water partition coefficient (Wildman–Crippen LogP) is 2.31. The van der Waals surface area contributed by atoms with Crippen molar-refractivity contribution in [1.29, 1.82) is 0 Å².